The lowest BCUT2D eigenvalue weighted by molar-refractivity contribution is 0.273. The second-order valence-electron chi connectivity index (χ2n) is 3.31. The first-order valence-electron chi connectivity index (χ1n) is 5.08. The summed E-state index contributed by atoms with van der Waals surface area (Å²) >= 11 is 7.29. The van der Waals surface area contributed by atoms with Crippen LogP contribution in [0.25, 0.3) is 0 Å². The number of halogens is 1. The molecule has 0 aliphatic rings. The van der Waals surface area contributed by atoms with Crippen molar-refractivity contribution in [3.63, 3.8) is 0 Å². The zero-order chi connectivity index (χ0) is 10.4. The summed E-state index contributed by atoms with van der Waals surface area (Å²) < 4.78 is 0.645. The third-order valence-electron chi connectivity index (χ3n) is 2.18. The normalized spacial score (nSPS) is 11.1. The van der Waals surface area contributed by atoms with Gasteiger partial charge in [-0.25, -0.2) is 4.98 Å². The van der Waals surface area contributed by atoms with Gasteiger partial charge in [-0.15, -0.1) is 11.3 Å². The largest absolute Gasteiger partial charge is 0.298 e. The van der Waals surface area contributed by atoms with Gasteiger partial charge in [-0.3, -0.25) is 4.90 Å². The lowest BCUT2D eigenvalue weighted by Crippen LogP contribution is -2.24. The fraction of sp³-hybridized carbons (Fsp3) is 0.700. The van der Waals surface area contributed by atoms with E-state index in [1.165, 1.54) is 24.2 Å². The maximum Gasteiger partial charge on any atom is 0.183 e. The molecule has 1 rings (SSSR count). The van der Waals surface area contributed by atoms with Gasteiger partial charge in [0, 0.05) is 11.9 Å². The van der Waals surface area contributed by atoms with E-state index in [9.17, 15) is 0 Å². The van der Waals surface area contributed by atoms with Crippen molar-refractivity contribution in [2.45, 2.75) is 33.2 Å². The van der Waals surface area contributed by atoms with Crippen LogP contribution in [0.5, 0.6) is 0 Å². The molecule has 0 saturated heterocycles. The van der Waals surface area contributed by atoms with Crippen molar-refractivity contribution in [3.05, 3.63) is 15.5 Å². The first-order valence-corrected chi connectivity index (χ1v) is 6.34. The van der Waals surface area contributed by atoms with Gasteiger partial charge >= 0.3 is 0 Å². The first kappa shape index (κ1) is 12.0. The summed E-state index contributed by atoms with van der Waals surface area (Å²) in [6.07, 6.45) is 2.50. The van der Waals surface area contributed by atoms with Crippen molar-refractivity contribution >= 4 is 22.9 Å². The Kier molecular flexibility index (Phi) is 5.45. The maximum absolute atomic E-state index is 5.78. The van der Waals surface area contributed by atoms with E-state index in [1.54, 1.807) is 0 Å². The van der Waals surface area contributed by atoms with Gasteiger partial charge in [0.05, 0.1) is 5.69 Å². The van der Waals surface area contributed by atoms with Crippen LogP contribution in [-0.2, 0) is 6.54 Å². The van der Waals surface area contributed by atoms with Gasteiger partial charge in [0.2, 0.25) is 0 Å². The van der Waals surface area contributed by atoms with Crippen molar-refractivity contribution in [1.29, 1.82) is 0 Å². The predicted octanol–water partition coefficient (Wildman–Crippen LogP) is 3.42. The van der Waals surface area contributed by atoms with Gasteiger partial charge in [0.15, 0.2) is 4.47 Å². The highest BCUT2D eigenvalue weighted by molar-refractivity contribution is 7.13. The monoisotopic (exact) mass is 232 g/mol. The van der Waals surface area contributed by atoms with Gasteiger partial charge < -0.3 is 0 Å². The second-order valence-corrected chi connectivity index (χ2v) is 4.75. The number of unbranched alkanes of at least 4 members (excludes halogenated alkanes) is 1. The molecule has 1 heterocycles. The lowest BCUT2D eigenvalue weighted by atomic mass is 10.3. The summed E-state index contributed by atoms with van der Waals surface area (Å²) in [7, 11) is 0. The Morgan fingerprint density at radius 3 is 2.79 bits per heavy atom. The van der Waals surface area contributed by atoms with Crippen LogP contribution in [0.3, 0.4) is 0 Å². The molecule has 0 radical (unpaired) electrons. The van der Waals surface area contributed by atoms with E-state index in [1.807, 2.05) is 5.38 Å². The van der Waals surface area contributed by atoms with E-state index in [0.29, 0.717) is 4.47 Å². The van der Waals surface area contributed by atoms with E-state index in [0.717, 1.165) is 25.3 Å². The number of aromatic nitrogens is 1. The molecule has 2 nitrogen and oxygen atoms in total. The fourth-order valence-corrected chi connectivity index (χ4v) is 2.09. The number of nitrogens with zero attached hydrogens (tertiary/aromatic N) is 2. The standard InChI is InChI=1S/C10H17ClN2S/c1-3-5-6-13(4-2)7-9-8-14-10(11)12-9/h8H,3-7H2,1-2H3. The molecule has 0 fully saturated rings. The zero-order valence-electron chi connectivity index (χ0n) is 8.79. The average Bonchev–Trinajstić information content (AvgIpc) is 2.58. The molecule has 0 atom stereocenters. The smallest absolute Gasteiger partial charge is 0.183 e. The highest BCUT2D eigenvalue weighted by Gasteiger charge is 2.05. The molecule has 0 spiro atoms. The Morgan fingerprint density at radius 1 is 1.50 bits per heavy atom. The van der Waals surface area contributed by atoms with Crippen LogP contribution in [0.4, 0.5) is 0 Å². The SMILES string of the molecule is CCCCN(CC)Cc1csc(Cl)n1. The molecule has 0 saturated carbocycles. The molecule has 80 valence electrons. The van der Waals surface area contributed by atoms with E-state index in [2.05, 4.69) is 23.7 Å². The number of hydrogen-bond donors (Lipinski definition) is 0. The molecule has 1 aromatic heterocycles. The Hall–Kier alpha value is -0.120. The fourth-order valence-electron chi connectivity index (χ4n) is 1.31. The van der Waals surface area contributed by atoms with Crippen molar-refractivity contribution in [1.82, 2.24) is 9.88 Å². The maximum atomic E-state index is 5.78. The average molecular weight is 233 g/mol. The van der Waals surface area contributed by atoms with Crippen molar-refractivity contribution in [2.75, 3.05) is 13.1 Å². The van der Waals surface area contributed by atoms with Crippen LogP contribution in [0.1, 0.15) is 32.4 Å². The summed E-state index contributed by atoms with van der Waals surface area (Å²) in [6.45, 7) is 7.56. The van der Waals surface area contributed by atoms with Crippen LogP contribution in [0.15, 0.2) is 5.38 Å². The summed E-state index contributed by atoms with van der Waals surface area (Å²) in [6, 6.07) is 0. The molecule has 0 aliphatic carbocycles. The molecular weight excluding hydrogens is 216 g/mol. The number of thiazole rings is 1. The van der Waals surface area contributed by atoms with E-state index >= 15 is 0 Å². The van der Waals surface area contributed by atoms with Gasteiger partial charge in [-0.1, -0.05) is 31.9 Å². The van der Waals surface area contributed by atoms with Gasteiger partial charge in [0.1, 0.15) is 0 Å². The Bertz CT molecular complexity index is 262. The molecular formula is C10H17ClN2S. The van der Waals surface area contributed by atoms with Crippen molar-refractivity contribution in [3.8, 4) is 0 Å². The quantitative estimate of drug-likeness (QED) is 0.747. The molecule has 0 aliphatic heterocycles. The summed E-state index contributed by atoms with van der Waals surface area (Å²) in [5.41, 5.74) is 1.10. The molecule has 0 amide bonds. The minimum atomic E-state index is 0.645. The van der Waals surface area contributed by atoms with Crippen LogP contribution in [-0.4, -0.2) is 23.0 Å². The third-order valence-corrected chi connectivity index (χ3v) is 3.21. The van der Waals surface area contributed by atoms with Gasteiger partial charge in [-0.05, 0) is 19.5 Å². The Labute approximate surface area is 94.9 Å². The summed E-state index contributed by atoms with van der Waals surface area (Å²) in [4.78, 5) is 6.65. The molecule has 14 heavy (non-hydrogen) atoms. The van der Waals surface area contributed by atoms with Crippen LogP contribution in [0.2, 0.25) is 4.47 Å². The van der Waals surface area contributed by atoms with E-state index in [-0.39, 0.29) is 0 Å². The topological polar surface area (TPSA) is 16.1 Å². The molecule has 0 unspecified atom stereocenters. The summed E-state index contributed by atoms with van der Waals surface area (Å²) in [5, 5.41) is 2.04. The third kappa shape index (κ3) is 3.95. The minimum absolute atomic E-state index is 0.645. The first-order chi connectivity index (χ1) is 6.76. The molecule has 1 aromatic rings. The van der Waals surface area contributed by atoms with E-state index in [4.69, 9.17) is 11.6 Å². The molecule has 0 N–H and O–H groups in total. The zero-order valence-corrected chi connectivity index (χ0v) is 10.4. The second kappa shape index (κ2) is 6.38. The van der Waals surface area contributed by atoms with Crippen molar-refractivity contribution < 1.29 is 0 Å². The summed E-state index contributed by atoms with van der Waals surface area (Å²) in [5.74, 6) is 0. The molecule has 4 heteroatoms. The molecule has 0 aromatic carbocycles. The number of rotatable bonds is 6. The molecule has 0 bridgehead atoms. The van der Waals surface area contributed by atoms with E-state index < -0.39 is 0 Å². The minimum Gasteiger partial charge on any atom is -0.298 e. The van der Waals surface area contributed by atoms with Crippen LogP contribution in [0, 0.1) is 0 Å². The Morgan fingerprint density at radius 2 is 2.29 bits per heavy atom. The van der Waals surface area contributed by atoms with Gasteiger partial charge in [0.25, 0.3) is 0 Å². The highest BCUT2D eigenvalue weighted by Crippen LogP contribution is 2.16. The highest BCUT2D eigenvalue weighted by atomic mass is 35.5. The van der Waals surface area contributed by atoms with Crippen LogP contribution >= 0.6 is 22.9 Å². The van der Waals surface area contributed by atoms with Crippen molar-refractivity contribution in [2.24, 2.45) is 0 Å². The number of hydrogen-bond acceptors (Lipinski definition) is 3. The Balaban J connectivity index is 2.40. The lowest BCUT2D eigenvalue weighted by Gasteiger charge is -2.18. The van der Waals surface area contributed by atoms with Crippen LogP contribution < -0.4 is 0 Å². The van der Waals surface area contributed by atoms with Gasteiger partial charge in [-0.2, -0.15) is 0 Å². The predicted molar refractivity (Wildman–Crippen MR) is 63.0 cm³/mol.